The second-order valence-electron chi connectivity index (χ2n) is 5.05. The molecule has 1 aromatic carbocycles. The van der Waals surface area contributed by atoms with Gasteiger partial charge in [-0.1, -0.05) is 23.7 Å². The summed E-state index contributed by atoms with van der Waals surface area (Å²) >= 11 is 6.27. The number of hydrogen-bond acceptors (Lipinski definition) is 2. The van der Waals surface area contributed by atoms with Gasteiger partial charge >= 0.3 is 0 Å². The third-order valence-corrected chi connectivity index (χ3v) is 3.88. The molecular formula is C15H16ClN3O. The molecule has 0 spiro atoms. The molecule has 0 aliphatic carbocycles. The number of hydrogen-bond donors (Lipinski definition) is 0. The fourth-order valence-electron chi connectivity index (χ4n) is 2.66. The maximum absolute atomic E-state index is 12.5. The van der Waals surface area contributed by atoms with Crippen LogP contribution in [0.1, 0.15) is 17.7 Å². The van der Waals surface area contributed by atoms with E-state index in [-0.39, 0.29) is 5.91 Å². The highest BCUT2D eigenvalue weighted by molar-refractivity contribution is 6.34. The molecule has 0 radical (unpaired) electrons. The lowest BCUT2D eigenvalue weighted by Crippen LogP contribution is -2.36. The van der Waals surface area contributed by atoms with Gasteiger partial charge in [-0.05, 0) is 30.5 Å². The number of aryl methyl sites for hydroxylation is 2. The van der Waals surface area contributed by atoms with Crippen molar-refractivity contribution < 1.29 is 4.79 Å². The summed E-state index contributed by atoms with van der Waals surface area (Å²) in [4.78, 5) is 14.3. The summed E-state index contributed by atoms with van der Waals surface area (Å²) < 4.78 is 1.71. The van der Waals surface area contributed by atoms with Crippen LogP contribution in [-0.2, 0) is 24.7 Å². The van der Waals surface area contributed by atoms with Crippen molar-refractivity contribution in [3.63, 3.8) is 0 Å². The number of nitrogens with zero attached hydrogens (tertiary/aromatic N) is 3. The van der Waals surface area contributed by atoms with E-state index in [1.54, 1.807) is 9.58 Å². The van der Waals surface area contributed by atoms with E-state index < -0.39 is 0 Å². The molecule has 1 aliphatic heterocycles. The molecular weight excluding hydrogens is 274 g/mol. The van der Waals surface area contributed by atoms with E-state index in [4.69, 9.17) is 11.6 Å². The lowest BCUT2D eigenvalue weighted by Gasteiger charge is -2.30. The fraction of sp³-hybridized carbons (Fsp3) is 0.333. The van der Waals surface area contributed by atoms with Crippen molar-refractivity contribution in [2.45, 2.75) is 19.3 Å². The molecule has 0 fully saturated rings. The highest BCUT2D eigenvalue weighted by atomic mass is 35.5. The average Bonchev–Trinajstić information content (AvgIpc) is 2.84. The standard InChI is InChI=1S/C15H16ClN3O/c1-18-9-7-12(17-18)10-14(20)19-8-3-5-11-4-2-6-13(16)15(11)19/h2,4,6-7,9H,3,5,8,10H2,1H3. The van der Waals surface area contributed by atoms with E-state index in [0.717, 1.165) is 36.3 Å². The SMILES string of the molecule is Cn1ccc(CC(=O)N2CCCc3cccc(Cl)c32)n1. The Morgan fingerprint density at radius 2 is 2.25 bits per heavy atom. The molecule has 0 bridgehead atoms. The quantitative estimate of drug-likeness (QED) is 0.852. The Morgan fingerprint density at radius 1 is 1.40 bits per heavy atom. The molecule has 1 amide bonds. The molecule has 20 heavy (non-hydrogen) atoms. The van der Waals surface area contributed by atoms with E-state index in [0.29, 0.717) is 11.4 Å². The smallest absolute Gasteiger partial charge is 0.233 e. The van der Waals surface area contributed by atoms with Crippen molar-refractivity contribution in [2.75, 3.05) is 11.4 Å². The molecule has 1 aliphatic rings. The molecule has 0 atom stereocenters. The molecule has 5 heteroatoms. The number of carbonyl (C=O) groups excluding carboxylic acids is 1. The van der Waals surface area contributed by atoms with Crippen LogP contribution in [0.5, 0.6) is 0 Å². The highest BCUT2D eigenvalue weighted by Crippen LogP contribution is 2.34. The Kier molecular flexibility index (Phi) is 3.49. The van der Waals surface area contributed by atoms with E-state index in [1.165, 1.54) is 0 Å². The Morgan fingerprint density at radius 3 is 3.00 bits per heavy atom. The zero-order valence-corrected chi connectivity index (χ0v) is 12.1. The number of rotatable bonds is 2. The maximum Gasteiger partial charge on any atom is 0.233 e. The minimum atomic E-state index is 0.0535. The van der Waals surface area contributed by atoms with Crippen molar-refractivity contribution in [1.82, 2.24) is 9.78 Å². The number of fused-ring (bicyclic) bond motifs is 1. The van der Waals surface area contributed by atoms with Crippen LogP contribution in [0.15, 0.2) is 30.5 Å². The van der Waals surface area contributed by atoms with Crippen LogP contribution >= 0.6 is 11.6 Å². The molecule has 0 saturated carbocycles. The number of carbonyl (C=O) groups is 1. The molecule has 104 valence electrons. The first-order valence-electron chi connectivity index (χ1n) is 6.71. The summed E-state index contributed by atoms with van der Waals surface area (Å²) in [6.45, 7) is 0.725. The van der Waals surface area contributed by atoms with Gasteiger partial charge in [0.1, 0.15) is 0 Å². The minimum absolute atomic E-state index is 0.0535. The van der Waals surface area contributed by atoms with E-state index in [9.17, 15) is 4.79 Å². The molecule has 3 rings (SSSR count). The number of benzene rings is 1. The topological polar surface area (TPSA) is 38.1 Å². The van der Waals surface area contributed by atoms with E-state index >= 15 is 0 Å². The third kappa shape index (κ3) is 2.43. The van der Waals surface area contributed by atoms with Crippen molar-refractivity contribution in [3.05, 3.63) is 46.7 Å². The van der Waals surface area contributed by atoms with Crippen molar-refractivity contribution >= 4 is 23.2 Å². The third-order valence-electron chi connectivity index (χ3n) is 3.57. The van der Waals surface area contributed by atoms with Crippen LogP contribution in [0, 0.1) is 0 Å². The van der Waals surface area contributed by atoms with Crippen LogP contribution in [0.3, 0.4) is 0 Å². The summed E-state index contributed by atoms with van der Waals surface area (Å²) in [5.74, 6) is 0.0535. The highest BCUT2D eigenvalue weighted by Gasteiger charge is 2.25. The van der Waals surface area contributed by atoms with Crippen LogP contribution in [0.25, 0.3) is 0 Å². The first-order valence-corrected chi connectivity index (χ1v) is 7.09. The van der Waals surface area contributed by atoms with E-state index in [1.807, 2.05) is 37.5 Å². The zero-order chi connectivity index (χ0) is 14.1. The molecule has 0 N–H and O–H groups in total. The second-order valence-corrected chi connectivity index (χ2v) is 5.46. The van der Waals surface area contributed by atoms with Crippen molar-refractivity contribution in [3.8, 4) is 0 Å². The predicted molar refractivity (Wildman–Crippen MR) is 79.0 cm³/mol. The van der Waals surface area contributed by atoms with Crippen LogP contribution < -0.4 is 4.90 Å². The summed E-state index contributed by atoms with van der Waals surface area (Å²) in [6.07, 6.45) is 4.11. The number of para-hydroxylation sites is 1. The maximum atomic E-state index is 12.5. The van der Waals surface area contributed by atoms with Gasteiger partial charge in [-0.3, -0.25) is 9.48 Å². The summed E-state index contributed by atoms with van der Waals surface area (Å²) in [5.41, 5.74) is 2.82. The number of anilines is 1. The normalized spacial score (nSPS) is 14.2. The number of aromatic nitrogens is 2. The fourth-order valence-corrected chi connectivity index (χ4v) is 2.96. The molecule has 1 aromatic heterocycles. The summed E-state index contributed by atoms with van der Waals surface area (Å²) in [5, 5.41) is 4.91. The van der Waals surface area contributed by atoms with Gasteiger partial charge in [0.05, 0.1) is 22.8 Å². The van der Waals surface area contributed by atoms with Crippen molar-refractivity contribution in [2.24, 2.45) is 7.05 Å². The van der Waals surface area contributed by atoms with Crippen LogP contribution in [0.4, 0.5) is 5.69 Å². The van der Waals surface area contributed by atoms with Gasteiger partial charge in [0, 0.05) is 19.8 Å². The van der Waals surface area contributed by atoms with Gasteiger partial charge in [0.2, 0.25) is 5.91 Å². The van der Waals surface area contributed by atoms with Gasteiger partial charge in [0.15, 0.2) is 0 Å². The molecule has 0 unspecified atom stereocenters. The van der Waals surface area contributed by atoms with Gasteiger partial charge in [-0.25, -0.2) is 0 Å². The average molecular weight is 290 g/mol. The number of amides is 1. The summed E-state index contributed by atoms with van der Waals surface area (Å²) in [7, 11) is 1.85. The second kappa shape index (κ2) is 5.29. The van der Waals surface area contributed by atoms with Crippen LogP contribution in [-0.4, -0.2) is 22.2 Å². The molecule has 2 aromatic rings. The largest absolute Gasteiger partial charge is 0.310 e. The first kappa shape index (κ1) is 13.2. The minimum Gasteiger partial charge on any atom is -0.310 e. The Balaban J connectivity index is 1.87. The zero-order valence-electron chi connectivity index (χ0n) is 11.3. The van der Waals surface area contributed by atoms with Gasteiger partial charge in [0.25, 0.3) is 0 Å². The molecule has 4 nitrogen and oxygen atoms in total. The van der Waals surface area contributed by atoms with Gasteiger partial charge in [-0.15, -0.1) is 0 Å². The molecule has 0 saturated heterocycles. The lowest BCUT2D eigenvalue weighted by molar-refractivity contribution is -0.118. The Bertz CT molecular complexity index is 650. The van der Waals surface area contributed by atoms with Gasteiger partial charge < -0.3 is 4.90 Å². The Labute approximate surface area is 123 Å². The first-order chi connectivity index (χ1) is 9.65. The Hall–Kier alpha value is -1.81. The predicted octanol–water partition coefficient (Wildman–Crippen LogP) is 2.60. The lowest BCUT2D eigenvalue weighted by atomic mass is 10.0. The van der Waals surface area contributed by atoms with Crippen molar-refractivity contribution in [1.29, 1.82) is 0 Å². The number of halogens is 1. The van der Waals surface area contributed by atoms with Gasteiger partial charge in [-0.2, -0.15) is 5.10 Å². The monoisotopic (exact) mass is 289 g/mol. The van der Waals surface area contributed by atoms with E-state index in [2.05, 4.69) is 5.10 Å². The molecule has 2 heterocycles. The summed E-state index contributed by atoms with van der Waals surface area (Å²) in [6, 6.07) is 7.69. The van der Waals surface area contributed by atoms with Crippen LogP contribution in [0.2, 0.25) is 5.02 Å².